The molecular formula is C15H19FN4O2. The lowest BCUT2D eigenvalue weighted by molar-refractivity contribution is -0.154. The molecule has 3 aliphatic heterocycles. The van der Waals surface area contributed by atoms with Gasteiger partial charge in [-0.25, -0.2) is 14.4 Å². The molecule has 0 bridgehead atoms. The summed E-state index contributed by atoms with van der Waals surface area (Å²) in [4.78, 5) is 25.4. The second-order valence-corrected chi connectivity index (χ2v) is 6.53. The molecule has 0 aliphatic carbocycles. The quantitative estimate of drug-likeness (QED) is 0.738. The van der Waals surface area contributed by atoms with Gasteiger partial charge in [0.05, 0.1) is 18.3 Å². The lowest BCUT2D eigenvalue weighted by Gasteiger charge is -2.53. The Morgan fingerprint density at radius 3 is 3.00 bits per heavy atom. The smallest absolute Gasteiger partial charge is 0.238 e. The maximum Gasteiger partial charge on any atom is 0.238 e. The highest BCUT2D eigenvalue weighted by molar-refractivity contribution is 5.91. The van der Waals surface area contributed by atoms with E-state index >= 15 is 0 Å². The number of alkyl halides is 1. The number of rotatable bonds is 1. The zero-order chi connectivity index (χ0) is 15.3. The molecule has 2 fully saturated rings. The van der Waals surface area contributed by atoms with Crippen LogP contribution < -0.4 is 0 Å². The summed E-state index contributed by atoms with van der Waals surface area (Å²) < 4.78 is 19.4. The predicted molar refractivity (Wildman–Crippen MR) is 75.9 cm³/mol. The van der Waals surface area contributed by atoms with Crippen LogP contribution >= 0.6 is 0 Å². The number of hydrogen-bond donors (Lipinski definition) is 0. The average Bonchev–Trinajstić information content (AvgIpc) is 2.49. The van der Waals surface area contributed by atoms with Crippen LogP contribution in [0.25, 0.3) is 0 Å². The van der Waals surface area contributed by atoms with Crippen LogP contribution in [0.1, 0.15) is 17.7 Å². The van der Waals surface area contributed by atoms with E-state index in [2.05, 4.69) is 14.9 Å². The van der Waals surface area contributed by atoms with E-state index in [-0.39, 0.29) is 12.5 Å². The van der Waals surface area contributed by atoms with Crippen LogP contribution in [0.15, 0.2) is 12.5 Å². The maximum absolute atomic E-state index is 14.3. The van der Waals surface area contributed by atoms with E-state index in [1.807, 2.05) is 7.05 Å². The Balaban J connectivity index is 1.73. The number of hydrogen-bond acceptors (Lipinski definition) is 5. The maximum atomic E-state index is 14.3. The highest BCUT2D eigenvalue weighted by Crippen LogP contribution is 2.41. The Morgan fingerprint density at radius 2 is 2.27 bits per heavy atom. The van der Waals surface area contributed by atoms with Crippen molar-refractivity contribution in [2.75, 3.05) is 33.4 Å². The van der Waals surface area contributed by atoms with Crippen LogP contribution in [0.5, 0.6) is 0 Å². The van der Waals surface area contributed by atoms with Crippen molar-refractivity contribution >= 4 is 5.91 Å². The lowest BCUT2D eigenvalue weighted by Crippen LogP contribution is -2.69. The van der Waals surface area contributed by atoms with Gasteiger partial charge in [0.25, 0.3) is 0 Å². The number of carbonyl (C=O) groups excluding carboxylic acids is 1. The van der Waals surface area contributed by atoms with Crippen LogP contribution in [-0.2, 0) is 21.5 Å². The molecule has 0 radical (unpaired) electrons. The number of nitrogens with zero attached hydrogens (tertiary/aromatic N) is 4. The molecule has 0 unspecified atom stereocenters. The van der Waals surface area contributed by atoms with Crippen molar-refractivity contribution in [2.45, 2.75) is 30.6 Å². The predicted octanol–water partition coefficient (Wildman–Crippen LogP) is 0.129. The third-order valence-electron chi connectivity index (χ3n) is 4.98. The molecule has 0 N–H and O–H groups in total. The minimum atomic E-state index is -1.13. The first kappa shape index (κ1) is 14.0. The first-order valence-electron chi connectivity index (χ1n) is 7.62. The molecule has 2 atom stereocenters. The summed E-state index contributed by atoms with van der Waals surface area (Å²) in [5.41, 5.74) is 1.14. The number of carbonyl (C=O) groups is 1. The van der Waals surface area contributed by atoms with Crippen molar-refractivity contribution in [3.05, 3.63) is 23.8 Å². The first-order chi connectivity index (χ1) is 10.6. The van der Waals surface area contributed by atoms with Gasteiger partial charge in [0.15, 0.2) is 0 Å². The number of amides is 1. The van der Waals surface area contributed by atoms with E-state index in [0.29, 0.717) is 32.7 Å². The van der Waals surface area contributed by atoms with Gasteiger partial charge < -0.3 is 14.5 Å². The molecule has 1 spiro atoms. The summed E-state index contributed by atoms with van der Waals surface area (Å²) >= 11 is 0. The van der Waals surface area contributed by atoms with Gasteiger partial charge in [0.2, 0.25) is 5.91 Å². The van der Waals surface area contributed by atoms with Gasteiger partial charge in [-0.2, -0.15) is 0 Å². The molecule has 22 heavy (non-hydrogen) atoms. The van der Waals surface area contributed by atoms with Gasteiger partial charge in [0.1, 0.15) is 17.9 Å². The summed E-state index contributed by atoms with van der Waals surface area (Å²) in [5, 5.41) is 0. The molecule has 118 valence electrons. The Kier molecular flexibility index (Phi) is 3.16. The Hall–Kier alpha value is -1.60. The highest BCUT2D eigenvalue weighted by atomic mass is 19.1. The SMILES string of the molecule is CN1CC2(C1)C(=O)N([C@@H]1CCOC[C@@H]1F)Cc1cncnc12. The molecule has 1 aromatic rings. The van der Waals surface area contributed by atoms with Crippen molar-refractivity contribution in [2.24, 2.45) is 0 Å². The molecule has 1 aromatic heterocycles. The largest absolute Gasteiger partial charge is 0.378 e. The monoisotopic (exact) mass is 306 g/mol. The van der Waals surface area contributed by atoms with E-state index in [4.69, 9.17) is 4.74 Å². The second kappa shape index (κ2) is 4.96. The zero-order valence-electron chi connectivity index (χ0n) is 12.5. The van der Waals surface area contributed by atoms with Crippen LogP contribution in [0, 0.1) is 0 Å². The van der Waals surface area contributed by atoms with Gasteiger partial charge in [-0.15, -0.1) is 0 Å². The number of aromatic nitrogens is 2. The second-order valence-electron chi connectivity index (χ2n) is 6.53. The fourth-order valence-corrected chi connectivity index (χ4v) is 4.01. The van der Waals surface area contributed by atoms with Gasteiger partial charge in [0, 0.05) is 38.0 Å². The molecule has 0 aromatic carbocycles. The van der Waals surface area contributed by atoms with Crippen molar-refractivity contribution in [1.82, 2.24) is 19.8 Å². The summed E-state index contributed by atoms with van der Waals surface area (Å²) in [6, 6.07) is -0.405. The number of likely N-dealkylation sites (N-methyl/N-ethyl adjacent to an activating group) is 1. The Bertz CT molecular complexity index is 605. The van der Waals surface area contributed by atoms with Gasteiger partial charge in [-0.1, -0.05) is 0 Å². The molecule has 4 heterocycles. The van der Waals surface area contributed by atoms with Gasteiger partial charge in [-0.3, -0.25) is 4.79 Å². The topological polar surface area (TPSA) is 58.6 Å². The number of fused-ring (bicyclic) bond motifs is 2. The minimum Gasteiger partial charge on any atom is -0.378 e. The van der Waals surface area contributed by atoms with E-state index in [1.165, 1.54) is 6.33 Å². The fourth-order valence-electron chi connectivity index (χ4n) is 4.01. The normalized spacial score (nSPS) is 31.0. The summed E-state index contributed by atoms with van der Waals surface area (Å²) in [6.45, 7) is 2.23. The van der Waals surface area contributed by atoms with Crippen molar-refractivity contribution in [3.8, 4) is 0 Å². The zero-order valence-corrected chi connectivity index (χ0v) is 12.5. The number of ether oxygens (including phenoxy) is 1. The molecular weight excluding hydrogens is 287 g/mol. The molecule has 4 rings (SSSR count). The lowest BCUT2D eigenvalue weighted by atomic mass is 9.71. The van der Waals surface area contributed by atoms with E-state index < -0.39 is 17.6 Å². The third-order valence-corrected chi connectivity index (χ3v) is 4.98. The Morgan fingerprint density at radius 1 is 1.45 bits per heavy atom. The Labute approximate surface area is 128 Å². The minimum absolute atomic E-state index is 0.00588. The molecule has 1 amide bonds. The van der Waals surface area contributed by atoms with E-state index in [0.717, 1.165) is 11.3 Å². The standard InChI is InChI=1S/C15H19FN4O2/c1-19-7-15(8-19)13-10(4-17-9-18-13)5-20(14(15)21)12-2-3-22-6-11(12)16/h4,9,11-12H,2-3,5-8H2,1H3/t11-,12+/m0/s1. The highest BCUT2D eigenvalue weighted by Gasteiger charge is 2.57. The van der Waals surface area contributed by atoms with Gasteiger partial charge in [-0.05, 0) is 13.5 Å². The molecule has 0 saturated carbocycles. The summed E-state index contributed by atoms with van der Waals surface area (Å²) in [7, 11) is 1.98. The van der Waals surface area contributed by atoms with Crippen LogP contribution in [0.4, 0.5) is 4.39 Å². The van der Waals surface area contributed by atoms with Gasteiger partial charge >= 0.3 is 0 Å². The fraction of sp³-hybridized carbons (Fsp3) is 0.667. The van der Waals surface area contributed by atoms with Crippen molar-refractivity contribution < 1.29 is 13.9 Å². The van der Waals surface area contributed by atoms with E-state index in [1.54, 1.807) is 11.1 Å². The number of likely N-dealkylation sites (tertiary alicyclic amines) is 1. The summed E-state index contributed by atoms with van der Waals surface area (Å²) in [5.74, 6) is 0.00588. The van der Waals surface area contributed by atoms with Crippen LogP contribution in [0.3, 0.4) is 0 Å². The van der Waals surface area contributed by atoms with Crippen molar-refractivity contribution in [1.29, 1.82) is 0 Å². The first-order valence-corrected chi connectivity index (χ1v) is 7.62. The van der Waals surface area contributed by atoms with E-state index in [9.17, 15) is 9.18 Å². The van der Waals surface area contributed by atoms with Crippen molar-refractivity contribution in [3.63, 3.8) is 0 Å². The molecule has 2 saturated heterocycles. The number of halogens is 1. The van der Waals surface area contributed by atoms with Crippen LogP contribution in [0.2, 0.25) is 0 Å². The average molecular weight is 306 g/mol. The third kappa shape index (κ3) is 1.88. The molecule has 7 heteroatoms. The molecule has 6 nitrogen and oxygen atoms in total. The summed E-state index contributed by atoms with van der Waals surface area (Å²) in [6.07, 6.45) is 2.67. The molecule has 3 aliphatic rings. The van der Waals surface area contributed by atoms with Crippen LogP contribution in [-0.4, -0.2) is 71.2 Å².